The zero-order valence-corrected chi connectivity index (χ0v) is 13.9. The summed E-state index contributed by atoms with van der Waals surface area (Å²) >= 11 is 0. The van der Waals surface area contributed by atoms with Crippen LogP contribution in [0.5, 0.6) is 0 Å². The summed E-state index contributed by atoms with van der Waals surface area (Å²) in [6.45, 7) is 10.2. The van der Waals surface area contributed by atoms with Crippen molar-refractivity contribution in [3.8, 4) is 0 Å². The molecule has 0 aromatic carbocycles. The van der Waals surface area contributed by atoms with Gasteiger partial charge in [0.1, 0.15) is 5.60 Å². The summed E-state index contributed by atoms with van der Waals surface area (Å²) in [6.07, 6.45) is 1.22. The van der Waals surface area contributed by atoms with E-state index in [1.165, 1.54) is 0 Å². The fourth-order valence-electron chi connectivity index (χ4n) is 1.77. The number of hydrogen-bond acceptors (Lipinski definition) is 3. The Morgan fingerprint density at radius 2 is 1.75 bits per heavy atom. The van der Waals surface area contributed by atoms with Crippen molar-refractivity contribution >= 4 is 12.1 Å². The number of alkyl carbamates (subject to hydrolysis) is 1. The molecule has 0 radical (unpaired) electrons. The van der Waals surface area contributed by atoms with E-state index in [1.807, 2.05) is 34.6 Å². The Morgan fingerprint density at radius 3 is 2.10 bits per heavy atom. The lowest BCUT2D eigenvalue weighted by molar-refractivity contribution is 0.0448. The van der Waals surface area contributed by atoms with Gasteiger partial charge in [0.25, 0.3) is 0 Å². The van der Waals surface area contributed by atoms with Crippen molar-refractivity contribution in [1.82, 2.24) is 16.0 Å². The fourth-order valence-corrected chi connectivity index (χ4v) is 1.77. The number of carbonyl (C=O) groups excluding carboxylic acids is 1. The van der Waals surface area contributed by atoms with Gasteiger partial charge in [-0.05, 0) is 33.6 Å². The molecule has 0 rings (SSSR count). The molecule has 0 aliphatic rings. The normalized spacial score (nSPS) is 12.8. The van der Waals surface area contributed by atoms with Crippen LogP contribution in [-0.4, -0.2) is 43.8 Å². The molecule has 118 valence electrons. The molecule has 6 heteroatoms. The minimum Gasteiger partial charge on any atom is -0.444 e. The van der Waals surface area contributed by atoms with Gasteiger partial charge in [-0.1, -0.05) is 13.8 Å². The monoisotopic (exact) mass is 286 g/mol. The Labute approximate surface area is 122 Å². The van der Waals surface area contributed by atoms with Crippen LogP contribution in [0.4, 0.5) is 4.79 Å². The molecule has 1 amide bonds. The third-order valence-corrected chi connectivity index (χ3v) is 3.17. The van der Waals surface area contributed by atoms with E-state index < -0.39 is 5.60 Å². The maximum Gasteiger partial charge on any atom is 0.408 e. The molecule has 0 atom stereocenters. The summed E-state index contributed by atoms with van der Waals surface area (Å²) in [6, 6.07) is 0. The predicted molar refractivity (Wildman–Crippen MR) is 83.1 cm³/mol. The van der Waals surface area contributed by atoms with Gasteiger partial charge in [-0.25, -0.2) is 4.79 Å². The van der Waals surface area contributed by atoms with Gasteiger partial charge in [0, 0.05) is 20.6 Å². The molecule has 0 unspecified atom stereocenters. The van der Waals surface area contributed by atoms with Crippen molar-refractivity contribution in [3.05, 3.63) is 0 Å². The SMILES string of the molecule is CCC(CC)(CNC(=NC)NC)NC(=O)OC(C)(C)C. The first-order chi connectivity index (χ1) is 9.21. The molecule has 6 nitrogen and oxygen atoms in total. The molecule has 0 spiro atoms. The predicted octanol–water partition coefficient (Wildman–Crippen LogP) is 1.86. The van der Waals surface area contributed by atoms with Gasteiger partial charge in [0.2, 0.25) is 0 Å². The first-order valence-electron chi connectivity index (χ1n) is 7.11. The highest BCUT2D eigenvalue weighted by Gasteiger charge is 2.30. The number of guanidine groups is 1. The summed E-state index contributed by atoms with van der Waals surface area (Å²) in [5.41, 5.74) is -0.846. The maximum absolute atomic E-state index is 12.0. The average molecular weight is 286 g/mol. The molecule has 3 N–H and O–H groups in total. The van der Waals surface area contributed by atoms with E-state index in [1.54, 1.807) is 14.1 Å². The molecule has 0 aromatic heterocycles. The first-order valence-corrected chi connectivity index (χ1v) is 7.11. The number of nitrogens with zero attached hydrogens (tertiary/aromatic N) is 1. The van der Waals surface area contributed by atoms with Crippen molar-refractivity contribution in [2.45, 2.75) is 58.6 Å². The van der Waals surface area contributed by atoms with Crippen molar-refractivity contribution in [1.29, 1.82) is 0 Å². The van der Waals surface area contributed by atoms with E-state index in [-0.39, 0.29) is 11.6 Å². The lowest BCUT2D eigenvalue weighted by Gasteiger charge is -2.34. The van der Waals surface area contributed by atoms with Gasteiger partial charge < -0.3 is 20.7 Å². The summed E-state index contributed by atoms with van der Waals surface area (Å²) in [5.74, 6) is 0.697. The van der Waals surface area contributed by atoms with Gasteiger partial charge in [-0.15, -0.1) is 0 Å². The lowest BCUT2D eigenvalue weighted by Crippen LogP contribution is -2.56. The van der Waals surface area contributed by atoms with Crippen molar-refractivity contribution < 1.29 is 9.53 Å². The number of nitrogens with one attached hydrogen (secondary N) is 3. The summed E-state index contributed by atoms with van der Waals surface area (Å²) < 4.78 is 5.33. The van der Waals surface area contributed by atoms with Crippen LogP contribution >= 0.6 is 0 Å². The van der Waals surface area contributed by atoms with Crippen LogP contribution in [0, 0.1) is 0 Å². The Balaban J connectivity index is 4.72. The van der Waals surface area contributed by atoms with Crippen molar-refractivity contribution in [2.75, 3.05) is 20.6 Å². The summed E-state index contributed by atoms with van der Waals surface area (Å²) in [7, 11) is 3.51. The molecule has 0 heterocycles. The largest absolute Gasteiger partial charge is 0.444 e. The average Bonchev–Trinajstić information content (AvgIpc) is 2.36. The summed E-state index contributed by atoms with van der Waals surface area (Å²) in [5, 5.41) is 9.14. The minimum absolute atomic E-state index is 0.352. The van der Waals surface area contributed by atoms with Crippen LogP contribution in [0.2, 0.25) is 0 Å². The smallest absolute Gasteiger partial charge is 0.408 e. The van der Waals surface area contributed by atoms with Crippen molar-refractivity contribution in [3.63, 3.8) is 0 Å². The Kier molecular flexibility index (Phi) is 7.39. The van der Waals surface area contributed by atoms with E-state index >= 15 is 0 Å². The number of hydrogen-bond donors (Lipinski definition) is 3. The van der Waals surface area contributed by atoms with E-state index in [0.29, 0.717) is 12.5 Å². The fraction of sp³-hybridized carbons (Fsp3) is 0.857. The van der Waals surface area contributed by atoms with Gasteiger partial charge in [-0.2, -0.15) is 0 Å². The zero-order valence-electron chi connectivity index (χ0n) is 13.9. The second-order valence-electron chi connectivity index (χ2n) is 5.79. The van der Waals surface area contributed by atoms with Crippen molar-refractivity contribution in [2.24, 2.45) is 4.99 Å². The lowest BCUT2D eigenvalue weighted by atomic mass is 9.93. The number of aliphatic imine (C=N–C) groups is 1. The number of rotatable bonds is 5. The van der Waals surface area contributed by atoms with Gasteiger partial charge >= 0.3 is 6.09 Å². The second-order valence-corrected chi connectivity index (χ2v) is 5.79. The van der Waals surface area contributed by atoms with E-state index in [2.05, 4.69) is 20.9 Å². The minimum atomic E-state index is -0.494. The summed E-state index contributed by atoms with van der Waals surface area (Å²) in [4.78, 5) is 16.0. The van der Waals surface area contributed by atoms with E-state index in [4.69, 9.17) is 4.74 Å². The van der Waals surface area contributed by atoms with Gasteiger partial charge in [0.05, 0.1) is 5.54 Å². The van der Waals surface area contributed by atoms with Gasteiger partial charge in [-0.3, -0.25) is 4.99 Å². The molecule has 0 fully saturated rings. The highest BCUT2D eigenvalue weighted by Crippen LogP contribution is 2.16. The molecule has 0 aliphatic carbocycles. The van der Waals surface area contributed by atoms with Crippen LogP contribution in [0.3, 0.4) is 0 Å². The molecule has 0 aliphatic heterocycles. The second kappa shape index (κ2) is 7.97. The quantitative estimate of drug-likeness (QED) is 0.533. The molecular formula is C14H30N4O2. The maximum atomic E-state index is 12.0. The highest BCUT2D eigenvalue weighted by atomic mass is 16.6. The van der Waals surface area contributed by atoms with E-state index in [9.17, 15) is 4.79 Å². The topological polar surface area (TPSA) is 74.8 Å². The Bertz CT molecular complexity index is 331. The Morgan fingerprint density at radius 1 is 1.20 bits per heavy atom. The third-order valence-electron chi connectivity index (χ3n) is 3.17. The number of amides is 1. The zero-order chi connectivity index (χ0) is 15.8. The molecule has 0 bridgehead atoms. The van der Waals surface area contributed by atoms with Crippen LogP contribution in [-0.2, 0) is 4.74 Å². The number of carbonyl (C=O) groups is 1. The molecule has 20 heavy (non-hydrogen) atoms. The molecule has 0 saturated heterocycles. The molecule has 0 saturated carbocycles. The number of ether oxygens (including phenoxy) is 1. The van der Waals surface area contributed by atoms with Crippen LogP contribution in [0.1, 0.15) is 47.5 Å². The standard InChI is InChI=1S/C14H30N4O2/c1-8-14(9-2,10-17-11(15-6)16-7)18-12(19)20-13(3,4)5/h8-10H2,1-7H3,(H,18,19)(H2,15,16,17). The molecule has 0 aromatic rings. The molecular weight excluding hydrogens is 256 g/mol. The van der Waals surface area contributed by atoms with Crippen LogP contribution in [0.15, 0.2) is 4.99 Å². The van der Waals surface area contributed by atoms with Crippen LogP contribution < -0.4 is 16.0 Å². The highest BCUT2D eigenvalue weighted by molar-refractivity contribution is 5.79. The third kappa shape index (κ3) is 6.63. The van der Waals surface area contributed by atoms with Crippen LogP contribution in [0.25, 0.3) is 0 Å². The van der Waals surface area contributed by atoms with E-state index in [0.717, 1.165) is 12.8 Å². The van der Waals surface area contributed by atoms with Gasteiger partial charge in [0.15, 0.2) is 5.96 Å². The Hall–Kier alpha value is -1.46. The first kappa shape index (κ1) is 18.5.